The number of Topliss-reactive ketones (excluding diaryl/α,β-unsaturated/α-hetero) is 1. The van der Waals surface area contributed by atoms with Gasteiger partial charge in [0.1, 0.15) is 0 Å². The predicted molar refractivity (Wildman–Crippen MR) is 122 cm³/mol. The summed E-state index contributed by atoms with van der Waals surface area (Å²) in [7, 11) is 0. The summed E-state index contributed by atoms with van der Waals surface area (Å²) in [5, 5.41) is 2.97. The Bertz CT molecular complexity index is 994. The molecule has 0 aliphatic carbocycles. The van der Waals surface area contributed by atoms with E-state index in [4.69, 9.17) is 0 Å². The third-order valence-corrected chi connectivity index (χ3v) is 5.49. The molecule has 0 aliphatic heterocycles. The summed E-state index contributed by atoms with van der Waals surface area (Å²) in [5.41, 5.74) is 5.03. The van der Waals surface area contributed by atoms with Crippen molar-refractivity contribution in [2.24, 2.45) is 0 Å². The lowest BCUT2D eigenvalue weighted by Crippen LogP contribution is -2.43. The van der Waals surface area contributed by atoms with Gasteiger partial charge >= 0.3 is 0 Å². The van der Waals surface area contributed by atoms with Crippen molar-refractivity contribution in [1.82, 2.24) is 5.32 Å². The third kappa shape index (κ3) is 5.44. The largest absolute Gasteiger partial charge is 0.342 e. The highest BCUT2D eigenvalue weighted by Crippen LogP contribution is 2.23. The minimum absolute atomic E-state index is 0.0205. The molecule has 0 heterocycles. The summed E-state index contributed by atoms with van der Waals surface area (Å²) in [4.78, 5) is 26.1. The Kier molecular flexibility index (Phi) is 7.18. The van der Waals surface area contributed by atoms with E-state index in [-0.39, 0.29) is 11.7 Å². The monoisotopic (exact) mass is 399 g/mol. The number of hydrogen-bond acceptors (Lipinski definition) is 2. The fourth-order valence-electron chi connectivity index (χ4n) is 3.76. The molecule has 154 valence electrons. The summed E-state index contributed by atoms with van der Waals surface area (Å²) in [6.07, 6.45) is 0.778. The first-order valence-corrected chi connectivity index (χ1v) is 10.5. The highest BCUT2D eigenvalue weighted by atomic mass is 16.2. The van der Waals surface area contributed by atoms with Gasteiger partial charge in [-0.05, 0) is 53.6 Å². The number of carbonyl (C=O) groups is 2. The van der Waals surface area contributed by atoms with Gasteiger partial charge in [0.15, 0.2) is 5.78 Å². The van der Waals surface area contributed by atoms with Crippen LogP contribution >= 0.6 is 0 Å². The molecule has 1 N–H and O–H groups in total. The summed E-state index contributed by atoms with van der Waals surface area (Å²) in [6, 6.07) is 24.4. The van der Waals surface area contributed by atoms with Gasteiger partial charge in [0.05, 0.1) is 6.04 Å². The molecule has 1 atom stereocenters. The van der Waals surface area contributed by atoms with Crippen molar-refractivity contribution in [3.63, 3.8) is 0 Å². The van der Waals surface area contributed by atoms with Gasteiger partial charge in [0, 0.05) is 12.0 Å². The summed E-state index contributed by atoms with van der Waals surface area (Å²) in [5.74, 6) is 0.197. The van der Waals surface area contributed by atoms with E-state index in [1.807, 2.05) is 60.7 Å². The fraction of sp³-hybridized carbons (Fsp3) is 0.259. The maximum absolute atomic E-state index is 13.3. The minimum atomic E-state index is -0.581. The third-order valence-electron chi connectivity index (χ3n) is 5.49. The first kappa shape index (κ1) is 21.5. The normalized spacial score (nSPS) is 11.9. The van der Waals surface area contributed by atoms with Crippen LogP contribution in [0, 0.1) is 6.92 Å². The van der Waals surface area contributed by atoms with Crippen LogP contribution in [0.5, 0.6) is 0 Å². The van der Waals surface area contributed by atoms with Gasteiger partial charge in [-0.25, -0.2) is 0 Å². The zero-order valence-electron chi connectivity index (χ0n) is 17.9. The van der Waals surface area contributed by atoms with Crippen molar-refractivity contribution in [2.75, 3.05) is 0 Å². The van der Waals surface area contributed by atoms with E-state index in [9.17, 15) is 9.59 Å². The topological polar surface area (TPSA) is 46.2 Å². The molecule has 0 aliphatic rings. The van der Waals surface area contributed by atoms with E-state index in [0.717, 1.165) is 16.7 Å². The quantitative estimate of drug-likeness (QED) is 0.561. The molecule has 1 unspecified atom stereocenters. The molecular weight excluding hydrogens is 370 g/mol. The Balaban J connectivity index is 1.83. The van der Waals surface area contributed by atoms with Crippen molar-refractivity contribution in [3.8, 4) is 0 Å². The van der Waals surface area contributed by atoms with E-state index in [1.165, 1.54) is 5.56 Å². The molecular formula is C27H29NO2. The maximum Gasteiger partial charge on any atom is 0.251 e. The van der Waals surface area contributed by atoms with Crippen LogP contribution in [0.2, 0.25) is 0 Å². The molecule has 0 radical (unpaired) electrons. The van der Waals surface area contributed by atoms with Crippen LogP contribution in [0.15, 0.2) is 78.9 Å². The molecule has 3 aromatic carbocycles. The van der Waals surface area contributed by atoms with Crippen LogP contribution in [0.3, 0.4) is 0 Å². The lowest BCUT2D eigenvalue weighted by molar-refractivity contribution is -0.120. The molecule has 30 heavy (non-hydrogen) atoms. The second-order valence-electron chi connectivity index (χ2n) is 8.01. The molecule has 0 fully saturated rings. The van der Waals surface area contributed by atoms with Gasteiger partial charge in [-0.1, -0.05) is 80.6 Å². The zero-order valence-corrected chi connectivity index (χ0v) is 17.9. The lowest BCUT2D eigenvalue weighted by atomic mass is 9.90. The number of rotatable bonds is 8. The van der Waals surface area contributed by atoms with Gasteiger partial charge in [-0.3, -0.25) is 9.59 Å². The summed E-state index contributed by atoms with van der Waals surface area (Å²) < 4.78 is 0. The number of hydrogen-bond donors (Lipinski definition) is 1. The van der Waals surface area contributed by atoms with Crippen LogP contribution in [0.1, 0.15) is 52.4 Å². The molecule has 3 aromatic rings. The first-order chi connectivity index (χ1) is 14.5. The van der Waals surface area contributed by atoms with Gasteiger partial charge in [0.25, 0.3) is 5.91 Å². The predicted octanol–water partition coefficient (Wildman–Crippen LogP) is 5.27. The SMILES string of the molecule is Cc1c(CC(=O)C(Cc2ccccc2)NC(=O)c2ccccc2)cccc1C(C)C. The van der Waals surface area contributed by atoms with Crippen LogP contribution in [-0.2, 0) is 17.6 Å². The Labute approximate surface area is 179 Å². The van der Waals surface area contributed by atoms with Gasteiger partial charge < -0.3 is 5.32 Å². The number of ketones is 1. The molecule has 0 bridgehead atoms. The Hall–Kier alpha value is -3.20. The summed E-state index contributed by atoms with van der Waals surface area (Å²) in [6.45, 7) is 6.39. The zero-order chi connectivity index (χ0) is 21.5. The Morgan fingerprint density at radius 1 is 0.833 bits per heavy atom. The highest BCUT2D eigenvalue weighted by molar-refractivity contribution is 5.98. The number of benzene rings is 3. The maximum atomic E-state index is 13.3. The van der Waals surface area contributed by atoms with E-state index >= 15 is 0 Å². The number of carbonyl (C=O) groups excluding carboxylic acids is 2. The number of nitrogens with one attached hydrogen (secondary N) is 1. The number of amides is 1. The standard InChI is InChI=1S/C27H29NO2/c1-19(2)24-16-10-15-23(20(24)3)18-26(29)25(17-21-11-6-4-7-12-21)28-27(30)22-13-8-5-9-14-22/h4-16,19,25H,17-18H2,1-3H3,(H,28,30). The Morgan fingerprint density at radius 2 is 1.47 bits per heavy atom. The fourth-order valence-corrected chi connectivity index (χ4v) is 3.76. The first-order valence-electron chi connectivity index (χ1n) is 10.5. The van der Waals surface area contributed by atoms with Crippen LogP contribution < -0.4 is 5.32 Å². The molecule has 0 saturated heterocycles. The van der Waals surface area contributed by atoms with Crippen molar-refractivity contribution in [3.05, 3.63) is 107 Å². The summed E-state index contributed by atoms with van der Waals surface area (Å²) >= 11 is 0. The van der Waals surface area contributed by atoms with E-state index in [1.54, 1.807) is 12.1 Å². The molecule has 3 nitrogen and oxygen atoms in total. The Morgan fingerprint density at radius 3 is 2.10 bits per heavy atom. The molecule has 1 amide bonds. The van der Waals surface area contributed by atoms with Crippen molar-refractivity contribution in [2.45, 2.75) is 45.6 Å². The second kappa shape index (κ2) is 10.0. The van der Waals surface area contributed by atoms with Crippen LogP contribution in [0.25, 0.3) is 0 Å². The second-order valence-corrected chi connectivity index (χ2v) is 8.01. The molecule has 3 rings (SSSR count). The highest BCUT2D eigenvalue weighted by Gasteiger charge is 2.23. The average molecular weight is 400 g/mol. The van der Waals surface area contributed by atoms with Crippen LogP contribution in [0.4, 0.5) is 0 Å². The van der Waals surface area contributed by atoms with E-state index in [2.05, 4.69) is 32.2 Å². The van der Waals surface area contributed by atoms with E-state index in [0.29, 0.717) is 24.3 Å². The van der Waals surface area contributed by atoms with Gasteiger partial charge in [-0.15, -0.1) is 0 Å². The van der Waals surface area contributed by atoms with Gasteiger partial charge in [-0.2, -0.15) is 0 Å². The van der Waals surface area contributed by atoms with Crippen molar-refractivity contribution in [1.29, 1.82) is 0 Å². The molecule has 3 heteroatoms. The minimum Gasteiger partial charge on any atom is -0.342 e. The van der Waals surface area contributed by atoms with Crippen molar-refractivity contribution < 1.29 is 9.59 Å². The van der Waals surface area contributed by atoms with Crippen molar-refractivity contribution >= 4 is 11.7 Å². The lowest BCUT2D eigenvalue weighted by Gasteiger charge is -2.20. The van der Waals surface area contributed by atoms with Crippen LogP contribution in [-0.4, -0.2) is 17.7 Å². The van der Waals surface area contributed by atoms with Gasteiger partial charge in [0.2, 0.25) is 0 Å². The smallest absolute Gasteiger partial charge is 0.251 e. The average Bonchev–Trinajstić information content (AvgIpc) is 2.75. The molecule has 0 saturated carbocycles. The molecule has 0 spiro atoms. The molecule has 0 aromatic heterocycles. The van der Waals surface area contributed by atoms with E-state index < -0.39 is 6.04 Å².